The zero-order chi connectivity index (χ0) is 20.5. The third-order valence-corrected chi connectivity index (χ3v) is 7.63. The van der Waals surface area contributed by atoms with Gasteiger partial charge in [-0.15, -0.1) is 11.3 Å². The summed E-state index contributed by atoms with van der Waals surface area (Å²) < 4.78 is 0. The minimum atomic E-state index is -0.171. The highest BCUT2D eigenvalue weighted by Crippen LogP contribution is 2.37. The van der Waals surface area contributed by atoms with Crippen molar-refractivity contribution >= 4 is 44.9 Å². The van der Waals surface area contributed by atoms with Gasteiger partial charge in [0.2, 0.25) is 5.91 Å². The molecular formula is C22H26N4OS2. The highest BCUT2D eigenvalue weighted by Gasteiger charge is 2.27. The second-order valence-corrected chi connectivity index (χ2v) is 9.98. The summed E-state index contributed by atoms with van der Waals surface area (Å²) in [6.07, 6.45) is 0. The van der Waals surface area contributed by atoms with Gasteiger partial charge in [-0.05, 0) is 45.4 Å². The van der Waals surface area contributed by atoms with E-state index in [0.717, 1.165) is 47.2 Å². The first-order valence-electron chi connectivity index (χ1n) is 9.94. The number of anilines is 1. The summed E-state index contributed by atoms with van der Waals surface area (Å²) in [6.45, 7) is 11.4. The molecule has 1 fully saturated rings. The van der Waals surface area contributed by atoms with E-state index < -0.39 is 0 Å². The van der Waals surface area contributed by atoms with Gasteiger partial charge in [0.15, 0.2) is 0 Å². The van der Waals surface area contributed by atoms with Gasteiger partial charge in [-0.2, -0.15) is 0 Å². The zero-order valence-electron chi connectivity index (χ0n) is 17.3. The molecule has 1 aromatic carbocycles. The Kier molecular flexibility index (Phi) is 5.79. The lowest BCUT2D eigenvalue weighted by Gasteiger charge is -2.37. The van der Waals surface area contributed by atoms with Gasteiger partial charge >= 0.3 is 0 Å². The number of aromatic nitrogens is 2. The molecule has 1 atom stereocenters. The molecule has 0 radical (unpaired) electrons. The Bertz CT molecular complexity index is 1030. The lowest BCUT2D eigenvalue weighted by Crippen LogP contribution is -2.50. The maximum atomic E-state index is 13.1. The number of amides is 1. The number of carbonyl (C=O) groups is 1. The number of benzene rings is 1. The Morgan fingerprint density at radius 3 is 2.45 bits per heavy atom. The standard InChI is InChI=1S/C22H26N4OS2/c1-14-15(2)28-20-19(14)21(24-17(4)23-20)29-16(3)22(27)26-12-10-25(11-13-26)18-8-6-5-7-9-18/h5-9,16H,10-13H2,1-4H3. The molecule has 1 unspecified atom stereocenters. The largest absolute Gasteiger partial charge is 0.368 e. The Morgan fingerprint density at radius 1 is 1.07 bits per heavy atom. The van der Waals surface area contributed by atoms with Crippen LogP contribution in [0.5, 0.6) is 0 Å². The van der Waals surface area contributed by atoms with Crippen molar-refractivity contribution in [3.63, 3.8) is 0 Å². The summed E-state index contributed by atoms with van der Waals surface area (Å²) in [5, 5.41) is 1.87. The molecule has 1 aliphatic rings. The molecule has 1 amide bonds. The summed E-state index contributed by atoms with van der Waals surface area (Å²) in [5.41, 5.74) is 2.45. The number of hydrogen-bond acceptors (Lipinski definition) is 6. The van der Waals surface area contributed by atoms with Crippen LogP contribution in [0, 0.1) is 20.8 Å². The number of carbonyl (C=O) groups excluding carboxylic acids is 1. The average Bonchev–Trinajstić information content (AvgIpc) is 3.01. The lowest BCUT2D eigenvalue weighted by atomic mass is 10.2. The van der Waals surface area contributed by atoms with Gasteiger partial charge in [-0.1, -0.05) is 30.0 Å². The Morgan fingerprint density at radius 2 is 1.76 bits per heavy atom. The summed E-state index contributed by atoms with van der Waals surface area (Å²) in [7, 11) is 0. The second kappa shape index (κ2) is 8.32. The Balaban J connectivity index is 1.45. The molecule has 0 aliphatic carbocycles. The van der Waals surface area contributed by atoms with Gasteiger partial charge in [-0.3, -0.25) is 4.79 Å². The van der Waals surface area contributed by atoms with Gasteiger partial charge in [0.1, 0.15) is 15.7 Å². The summed E-state index contributed by atoms with van der Waals surface area (Å²) in [5.74, 6) is 0.953. The third kappa shape index (κ3) is 4.12. The smallest absolute Gasteiger partial charge is 0.235 e. The molecule has 2 aromatic heterocycles. The van der Waals surface area contributed by atoms with Gasteiger partial charge < -0.3 is 9.80 Å². The van der Waals surface area contributed by atoms with E-state index in [9.17, 15) is 4.79 Å². The molecule has 0 spiro atoms. The van der Waals surface area contributed by atoms with Gasteiger partial charge in [0.05, 0.1) is 5.25 Å². The minimum absolute atomic E-state index is 0.171. The van der Waals surface area contributed by atoms with Gasteiger partial charge in [-0.25, -0.2) is 9.97 Å². The SMILES string of the molecule is Cc1nc(SC(C)C(=O)N2CCN(c3ccccc3)CC2)c2c(C)c(C)sc2n1. The molecular weight excluding hydrogens is 400 g/mol. The fourth-order valence-corrected chi connectivity index (χ4v) is 5.98. The van der Waals surface area contributed by atoms with E-state index in [-0.39, 0.29) is 11.2 Å². The first-order chi connectivity index (χ1) is 13.9. The number of rotatable bonds is 4. The minimum Gasteiger partial charge on any atom is -0.368 e. The monoisotopic (exact) mass is 426 g/mol. The van der Waals surface area contributed by atoms with Crippen molar-refractivity contribution in [3.05, 3.63) is 46.6 Å². The maximum Gasteiger partial charge on any atom is 0.235 e. The quantitative estimate of drug-likeness (QED) is 0.456. The predicted molar refractivity (Wildman–Crippen MR) is 122 cm³/mol. The average molecular weight is 427 g/mol. The van der Waals surface area contributed by atoms with Crippen molar-refractivity contribution in [2.45, 2.75) is 38.0 Å². The lowest BCUT2D eigenvalue weighted by molar-refractivity contribution is -0.130. The van der Waals surface area contributed by atoms with E-state index in [2.05, 4.69) is 53.0 Å². The molecule has 29 heavy (non-hydrogen) atoms. The zero-order valence-corrected chi connectivity index (χ0v) is 18.9. The molecule has 4 rings (SSSR count). The first kappa shape index (κ1) is 20.2. The van der Waals surface area contributed by atoms with Crippen LogP contribution in [0.15, 0.2) is 35.4 Å². The second-order valence-electron chi connectivity index (χ2n) is 7.45. The molecule has 0 bridgehead atoms. The topological polar surface area (TPSA) is 49.3 Å². The fraction of sp³-hybridized carbons (Fsp3) is 0.409. The number of piperazine rings is 1. The summed E-state index contributed by atoms with van der Waals surface area (Å²) in [6, 6.07) is 10.4. The molecule has 3 aromatic rings. The molecule has 3 heterocycles. The van der Waals surface area contributed by atoms with Crippen molar-refractivity contribution in [3.8, 4) is 0 Å². The Hall–Kier alpha value is -2.12. The molecule has 1 saturated heterocycles. The highest BCUT2D eigenvalue weighted by atomic mass is 32.2. The fourth-order valence-electron chi connectivity index (χ4n) is 3.70. The van der Waals surface area contributed by atoms with E-state index in [1.807, 2.05) is 24.8 Å². The van der Waals surface area contributed by atoms with Crippen molar-refractivity contribution in [2.75, 3.05) is 31.1 Å². The van der Waals surface area contributed by atoms with Crippen molar-refractivity contribution in [1.29, 1.82) is 0 Å². The maximum absolute atomic E-state index is 13.1. The summed E-state index contributed by atoms with van der Waals surface area (Å²) >= 11 is 3.27. The van der Waals surface area contributed by atoms with Crippen molar-refractivity contribution in [1.82, 2.24) is 14.9 Å². The van der Waals surface area contributed by atoms with E-state index in [1.165, 1.54) is 16.1 Å². The molecule has 152 valence electrons. The van der Waals surface area contributed by atoms with Crippen molar-refractivity contribution < 1.29 is 4.79 Å². The molecule has 5 nitrogen and oxygen atoms in total. The number of para-hydroxylation sites is 1. The number of thiophene rings is 1. The van der Waals surface area contributed by atoms with Crippen molar-refractivity contribution in [2.24, 2.45) is 0 Å². The van der Waals surface area contributed by atoms with E-state index in [0.29, 0.717) is 0 Å². The Labute approximate surface area is 180 Å². The number of thioether (sulfide) groups is 1. The summed E-state index contributed by atoms with van der Waals surface area (Å²) in [4.78, 5) is 29.0. The van der Waals surface area contributed by atoms with Crippen LogP contribution in [0.1, 0.15) is 23.2 Å². The number of hydrogen-bond donors (Lipinski definition) is 0. The van der Waals surface area contributed by atoms with Crippen LogP contribution in [-0.2, 0) is 4.79 Å². The van der Waals surface area contributed by atoms with Crippen LogP contribution in [0.4, 0.5) is 5.69 Å². The molecule has 0 N–H and O–H groups in total. The van der Waals surface area contributed by atoms with E-state index in [4.69, 9.17) is 0 Å². The number of fused-ring (bicyclic) bond motifs is 1. The van der Waals surface area contributed by atoms with Crippen LogP contribution >= 0.6 is 23.1 Å². The molecule has 0 saturated carbocycles. The van der Waals surface area contributed by atoms with Gasteiger partial charge in [0.25, 0.3) is 0 Å². The normalized spacial score (nSPS) is 15.7. The van der Waals surface area contributed by atoms with E-state index >= 15 is 0 Å². The number of aryl methyl sites for hydroxylation is 3. The highest BCUT2D eigenvalue weighted by molar-refractivity contribution is 8.00. The van der Waals surface area contributed by atoms with Gasteiger partial charge in [0, 0.05) is 42.1 Å². The third-order valence-electron chi connectivity index (χ3n) is 5.46. The van der Waals surface area contributed by atoms with Crippen LogP contribution < -0.4 is 4.90 Å². The molecule has 1 aliphatic heterocycles. The van der Waals surface area contributed by atoms with Crippen LogP contribution in [0.3, 0.4) is 0 Å². The van der Waals surface area contributed by atoms with E-state index in [1.54, 1.807) is 23.1 Å². The number of nitrogens with zero attached hydrogens (tertiary/aromatic N) is 4. The molecule has 7 heteroatoms. The first-order valence-corrected chi connectivity index (χ1v) is 11.6. The predicted octanol–water partition coefficient (Wildman–Crippen LogP) is 4.45. The van der Waals surface area contributed by atoms with Crippen LogP contribution in [0.2, 0.25) is 0 Å². The van der Waals surface area contributed by atoms with Crippen LogP contribution in [-0.4, -0.2) is 52.2 Å². The van der Waals surface area contributed by atoms with Crippen LogP contribution in [0.25, 0.3) is 10.2 Å².